The summed E-state index contributed by atoms with van der Waals surface area (Å²) in [5.74, 6) is -1.50. The fraction of sp³-hybridized carbons (Fsp3) is 0. The van der Waals surface area contributed by atoms with Gasteiger partial charge in [0.2, 0.25) is 0 Å². The molecule has 0 N–H and O–H groups in total. The largest absolute Gasteiger partial charge is 0.502 e. The highest BCUT2D eigenvalue weighted by Gasteiger charge is 2.01. The van der Waals surface area contributed by atoms with E-state index in [1.165, 1.54) is 12.1 Å². The first-order chi connectivity index (χ1) is 4.74. The number of halogens is 3. The topological polar surface area (TPSA) is 0 Å². The van der Waals surface area contributed by atoms with Crippen molar-refractivity contribution in [2.45, 2.75) is 0 Å². The van der Waals surface area contributed by atoms with E-state index in [1.807, 2.05) is 0 Å². The Morgan fingerprint density at radius 3 is 2.40 bits per heavy atom. The summed E-state index contributed by atoms with van der Waals surface area (Å²) in [5.41, 5.74) is 0. The van der Waals surface area contributed by atoms with Crippen LogP contribution in [0.15, 0.2) is 18.2 Å². The van der Waals surface area contributed by atoms with Crippen molar-refractivity contribution in [1.29, 1.82) is 0 Å². The van der Waals surface area contributed by atoms with E-state index < -0.39 is 11.6 Å². The van der Waals surface area contributed by atoms with Crippen molar-refractivity contribution in [1.82, 2.24) is 0 Å². The second kappa shape index (κ2) is 3.82. The van der Waals surface area contributed by atoms with E-state index in [1.54, 1.807) is 6.07 Å². The summed E-state index contributed by atoms with van der Waals surface area (Å²) < 4.78 is 25.6. The van der Waals surface area contributed by atoms with E-state index in [-0.39, 0.29) is 16.5 Å². The van der Waals surface area contributed by atoms with Crippen molar-refractivity contribution in [3.63, 3.8) is 0 Å². The molecule has 0 aliphatic heterocycles. The Morgan fingerprint density at radius 2 is 1.90 bits per heavy atom. The third-order valence-corrected chi connectivity index (χ3v) is 4.53. The van der Waals surface area contributed by atoms with Crippen LogP contribution < -0.4 is 3.69 Å². The Balaban J connectivity index is 3.04. The second-order valence-electron chi connectivity index (χ2n) is 1.88. The molecule has 0 bridgehead atoms. The molecule has 1 aromatic rings. The fourth-order valence-electron chi connectivity index (χ4n) is 0.623. The molecule has 4 heteroatoms. The van der Waals surface area contributed by atoms with Gasteiger partial charge in [0.05, 0.1) is 0 Å². The Morgan fingerprint density at radius 1 is 1.20 bits per heavy atom. The van der Waals surface area contributed by atoms with E-state index >= 15 is 0 Å². The molecule has 0 radical (unpaired) electrons. The molecular formula is C6H3F2IMg. The quantitative estimate of drug-likeness (QED) is 0.534. The predicted molar refractivity (Wildman–Crippen MR) is 45.8 cm³/mol. The first kappa shape index (κ1) is 8.67. The first-order valence-corrected chi connectivity index (χ1v) is 8.56. The van der Waals surface area contributed by atoms with E-state index in [4.69, 9.17) is 0 Å². The first-order valence-electron chi connectivity index (χ1n) is 2.74. The van der Waals surface area contributed by atoms with Gasteiger partial charge in [-0.05, 0) is 12.1 Å². The van der Waals surface area contributed by atoms with Crippen molar-refractivity contribution >= 4 is 39.0 Å². The highest BCUT2D eigenvalue weighted by atomic mass is 127. The Hall–Kier alpha value is 0.576. The van der Waals surface area contributed by atoms with E-state index in [2.05, 4.69) is 18.9 Å². The SMILES string of the molecule is Fc1cc[c]([Mg][I])cc1F. The molecule has 0 spiro atoms. The molecule has 0 aliphatic rings. The number of hydrogen-bond donors (Lipinski definition) is 0. The minimum atomic E-state index is -0.761. The monoisotopic (exact) mass is 264 g/mol. The Labute approximate surface area is 77.1 Å². The predicted octanol–water partition coefficient (Wildman–Crippen LogP) is 1.64. The van der Waals surface area contributed by atoms with Crippen LogP contribution in [0.2, 0.25) is 0 Å². The second-order valence-corrected chi connectivity index (χ2v) is 5.25. The molecule has 0 unspecified atom stereocenters. The van der Waals surface area contributed by atoms with Gasteiger partial charge in [-0.1, -0.05) is 6.07 Å². The molecule has 50 valence electrons. The molecule has 0 aromatic heterocycles. The zero-order valence-electron chi connectivity index (χ0n) is 5.07. The van der Waals surface area contributed by atoms with Gasteiger partial charge >= 0.3 is 16.5 Å². The van der Waals surface area contributed by atoms with Crippen LogP contribution >= 0.6 is 18.9 Å². The van der Waals surface area contributed by atoms with Gasteiger partial charge in [-0.25, -0.2) is 8.78 Å². The summed E-state index contributed by atoms with van der Waals surface area (Å²) in [6, 6.07) is 4.08. The van der Waals surface area contributed by atoms with Crippen LogP contribution in [-0.2, 0) is 0 Å². The normalized spacial score (nSPS) is 9.10. The summed E-state index contributed by atoms with van der Waals surface area (Å²) in [6.07, 6.45) is 0. The van der Waals surface area contributed by atoms with Crippen LogP contribution in [0.1, 0.15) is 0 Å². The lowest BCUT2D eigenvalue weighted by atomic mass is 10.3. The maximum absolute atomic E-state index is 12.4. The maximum atomic E-state index is 12.4. The van der Waals surface area contributed by atoms with Gasteiger partial charge in [-0.3, -0.25) is 18.9 Å². The van der Waals surface area contributed by atoms with E-state index in [0.29, 0.717) is 0 Å². The lowest BCUT2D eigenvalue weighted by molar-refractivity contribution is 0.509. The van der Waals surface area contributed by atoms with Crippen molar-refractivity contribution < 1.29 is 8.78 Å². The molecule has 0 saturated heterocycles. The average molecular weight is 264 g/mol. The summed E-state index contributed by atoms with van der Waals surface area (Å²) in [7, 11) is 0. The van der Waals surface area contributed by atoms with Gasteiger partial charge in [-0.2, -0.15) is 0 Å². The third-order valence-electron chi connectivity index (χ3n) is 1.14. The van der Waals surface area contributed by atoms with E-state index in [9.17, 15) is 8.78 Å². The van der Waals surface area contributed by atoms with Crippen LogP contribution in [0, 0.1) is 11.6 Å². The zero-order chi connectivity index (χ0) is 7.56. The molecule has 0 aliphatic carbocycles. The average Bonchev–Trinajstić information content (AvgIpc) is 1.95. The highest BCUT2D eigenvalue weighted by molar-refractivity contribution is 14.1. The van der Waals surface area contributed by atoms with Crippen LogP contribution in [0.25, 0.3) is 0 Å². The standard InChI is InChI=1S/C6H3F2.HI.Mg/c7-5-3-1-2-4-6(5)8;;/h1,3-4H;1H;/q;;+1/p-1. The minimum absolute atomic E-state index is 0.383. The fourth-order valence-corrected chi connectivity index (χ4v) is 2.51. The van der Waals surface area contributed by atoms with Gasteiger partial charge in [0.1, 0.15) is 0 Å². The van der Waals surface area contributed by atoms with Gasteiger partial charge in [0.25, 0.3) is 0 Å². The molecule has 0 saturated carbocycles. The zero-order valence-corrected chi connectivity index (χ0v) is 8.64. The third kappa shape index (κ3) is 2.03. The van der Waals surface area contributed by atoms with E-state index in [0.717, 1.165) is 3.69 Å². The maximum Gasteiger partial charge on any atom is 0.502 e. The van der Waals surface area contributed by atoms with Crippen LogP contribution in [-0.4, -0.2) is 16.5 Å². The van der Waals surface area contributed by atoms with Crippen LogP contribution in [0.5, 0.6) is 0 Å². The minimum Gasteiger partial charge on any atom is -0.291 e. The Kier molecular flexibility index (Phi) is 3.31. The summed E-state index contributed by atoms with van der Waals surface area (Å²) in [5, 5.41) is 0. The smallest absolute Gasteiger partial charge is 0.291 e. The lowest BCUT2D eigenvalue weighted by Crippen LogP contribution is -2.08. The number of hydrogen-bond acceptors (Lipinski definition) is 0. The lowest BCUT2D eigenvalue weighted by Gasteiger charge is -1.94. The molecule has 10 heavy (non-hydrogen) atoms. The molecule has 0 heterocycles. The van der Waals surface area contributed by atoms with Gasteiger partial charge < -0.3 is 0 Å². The summed E-state index contributed by atoms with van der Waals surface area (Å²) >= 11 is 1.85. The van der Waals surface area contributed by atoms with Crippen LogP contribution in [0.4, 0.5) is 8.78 Å². The molecule has 1 rings (SSSR count). The van der Waals surface area contributed by atoms with Crippen molar-refractivity contribution in [3.8, 4) is 0 Å². The molecule has 0 amide bonds. The van der Waals surface area contributed by atoms with Crippen molar-refractivity contribution in [3.05, 3.63) is 29.8 Å². The number of benzene rings is 1. The van der Waals surface area contributed by atoms with Crippen molar-refractivity contribution in [2.75, 3.05) is 0 Å². The molecular weight excluding hydrogens is 261 g/mol. The molecule has 1 aromatic carbocycles. The number of rotatable bonds is 1. The highest BCUT2D eigenvalue weighted by Crippen LogP contribution is 2.01. The molecule has 0 atom stereocenters. The van der Waals surface area contributed by atoms with Gasteiger partial charge in [0, 0.05) is 0 Å². The summed E-state index contributed by atoms with van der Waals surface area (Å²) in [6.45, 7) is 0. The van der Waals surface area contributed by atoms with Crippen LogP contribution in [0.3, 0.4) is 0 Å². The molecule has 0 nitrogen and oxygen atoms in total. The van der Waals surface area contributed by atoms with Gasteiger partial charge in [-0.15, -0.1) is 3.69 Å². The Bertz CT molecular complexity index is 239. The van der Waals surface area contributed by atoms with Gasteiger partial charge in [0.15, 0.2) is 11.6 Å². The summed E-state index contributed by atoms with van der Waals surface area (Å²) in [4.78, 5) is 0. The molecule has 0 fully saturated rings. The van der Waals surface area contributed by atoms with Crippen molar-refractivity contribution in [2.24, 2.45) is 0 Å².